The molecule has 3 heterocycles. The van der Waals surface area contributed by atoms with Crippen molar-refractivity contribution in [2.24, 2.45) is 16.8 Å². The Morgan fingerprint density at radius 1 is 1.32 bits per heavy atom. The fraction of sp³-hybridized carbons (Fsp3) is 0.667. The van der Waals surface area contributed by atoms with Gasteiger partial charge in [0.2, 0.25) is 5.95 Å². The van der Waals surface area contributed by atoms with Crippen LogP contribution in [-0.2, 0) is 9.53 Å². The van der Waals surface area contributed by atoms with Crippen molar-refractivity contribution >= 4 is 17.7 Å². The number of fused-ring (bicyclic) bond motifs is 2. The van der Waals surface area contributed by atoms with Gasteiger partial charge in [0.25, 0.3) is 5.91 Å². The molecule has 0 unspecified atom stereocenters. The number of carbonyl (C=O) groups is 1. The molecule has 2 fully saturated rings. The van der Waals surface area contributed by atoms with E-state index in [1.54, 1.807) is 19.5 Å². The Hall–Kier alpha value is -2.02. The number of hydrogen-bond donors (Lipinski definition) is 0. The summed E-state index contributed by atoms with van der Waals surface area (Å²) >= 11 is 0. The van der Waals surface area contributed by atoms with Gasteiger partial charge in [0.1, 0.15) is 11.4 Å². The third-order valence-corrected chi connectivity index (χ3v) is 5.88. The Labute approximate surface area is 148 Å². The van der Waals surface area contributed by atoms with Crippen LogP contribution in [0.1, 0.15) is 26.2 Å². The number of nitrogens with zero attached hydrogens (tertiary/aromatic N) is 5. The summed E-state index contributed by atoms with van der Waals surface area (Å²) in [6.45, 7) is 4.92. The van der Waals surface area contributed by atoms with Crippen molar-refractivity contribution in [3.8, 4) is 0 Å². The number of anilines is 1. The van der Waals surface area contributed by atoms with Crippen LogP contribution in [0.3, 0.4) is 0 Å². The van der Waals surface area contributed by atoms with Crippen LogP contribution in [0.15, 0.2) is 23.5 Å². The van der Waals surface area contributed by atoms with Crippen LogP contribution in [0, 0.1) is 11.8 Å². The minimum Gasteiger partial charge on any atom is -0.383 e. The molecule has 1 spiro atoms. The molecule has 3 atom stereocenters. The highest BCUT2D eigenvalue weighted by molar-refractivity contribution is 6.08. The SMILES string of the molecule is CCC1=N[C@@]2(CC[C@@H]3CN(c4ncccn4)C[C@H]32)C(=O)N1CCOC. The van der Waals surface area contributed by atoms with E-state index in [9.17, 15) is 4.79 Å². The quantitative estimate of drug-likeness (QED) is 0.807. The molecule has 0 radical (unpaired) electrons. The molecular formula is C18H25N5O2. The molecule has 1 saturated carbocycles. The largest absolute Gasteiger partial charge is 0.383 e. The Balaban J connectivity index is 1.59. The second-order valence-electron chi connectivity index (χ2n) is 7.11. The number of carbonyl (C=O) groups excluding carboxylic acids is 1. The first-order valence-electron chi connectivity index (χ1n) is 9.11. The summed E-state index contributed by atoms with van der Waals surface area (Å²) in [7, 11) is 1.67. The molecule has 1 aliphatic carbocycles. The number of amides is 1. The molecule has 0 N–H and O–H groups in total. The molecule has 3 aliphatic rings. The Kier molecular flexibility index (Phi) is 4.19. The van der Waals surface area contributed by atoms with Crippen LogP contribution in [0.2, 0.25) is 0 Å². The summed E-state index contributed by atoms with van der Waals surface area (Å²) in [6.07, 6.45) is 6.22. The molecule has 7 nitrogen and oxygen atoms in total. The van der Waals surface area contributed by atoms with Gasteiger partial charge in [-0.05, 0) is 24.8 Å². The minimum absolute atomic E-state index is 0.171. The Morgan fingerprint density at radius 3 is 2.84 bits per heavy atom. The van der Waals surface area contributed by atoms with Crippen molar-refractivity contribution in [2.75, 3.05) is 38.3 Å². The van der Waals surface area contributed by atoms with Crippen LogP contribution in [-0.4, -0.2) is 65.5 Å². The number of aromatic nitrogens is 2. The zero-order valence-electron chi connectivity index (χ0n) is 14.9. The highest BCUT2D eigenvalue weighted by Gasteiger charge is 2.61. The summed E-state index contributed by atoms with van der Waals surface area (Å²) in [5.74, 6) is 2.57. The number of aliphatic imine (C=N–C) groups is 1. The van der Waals surface area contributed by atoms with Gasteiger partial charge in [-0.2, -0.15) is 0 Å². The van der Waals surface area contributed by atoms with Gasteiger partial charge in [0, 0.05) is 44.9 Å². The Bertz CT molecular complexity index is 679. The van der Waals surface area contributed by atoms with Crippen molar-refractivity contribution < 1.29 is 9.53 Å². The maximum Gasteiger partial charge on any atom is 0.256 e. The van der Waals surface area contributed by atoms with E-state index in [-0.39, 0.29) is 11.8 Å². The van der Waals surface area contributed by atoms with Crippen molar-refractivity contribution in [1.29, 1.82) is 0 Å². The molecule has 4 rings (SSSR count). The van der Waals surface area contributed by atoms with Crippen molar-refractivity contribution in [1.82, 2.24) is 14.9 Å². The molecule has 1 saturated heterocycles. The lowest BCUT2D eigenvalue weighted by molar-refractivity contribution is -0.132. The van der Waals surface area contributed by atoms with Crippen LogP contribution in [0.5, 0.6) is 0 Å². The third-order valence-electron chi connectivity index (χ3n) is 5.88. The zero-order chi connectivity index (χ0) is 17.4. The monoisotopic (exact) mass is 343 g/mol. The molecule has 2 aliphatic heterocycles. The number of ether oxygens (including phenoxy) is 1. The number of hydrogen-bond acceptors (Lipinski definition) is 6. The molecule has 1 aromatic heterocycles. The van der Waals surface area contributed by atoms with Crippen molar-refractivity contribution in [3.05, 3.63) is 18.5 Å². The highest BCUT2D eigenvalue weighted by Crippen LogP contribution is 2.50. The molecule has 0 bridgehead atoms. The second-order valence-corrected chi connectivity index (χ2v) is 7.11. The fourth-order valence-corrected chi connectivity index (χ4v) is 4.69. The van der Waals surface area contributed by atoms with E-state index >= 15 is 0 Å². The maximum atomic E-state index is 13.3. The molecule has 134 valence electrons. The molecule has 25 heavy (non-hydrogen) atoms. The van der Waals surface area contributed by atoms with Crippen molar-refractivity contribution in [2.45, 2.75) is 31.7 Å². The van der Waals surface area contributed by atoms with Gasteiger partial charge in [0.15, 0.2) is 0 Å². The van der Waals surface area contributed by atoms with E-state index in [1.165, 1.54) is 0 Å². The standard InChI is InChI=1S/C18H25N5O2/c1-3-15-21-18(16(24)23(15)9-10-25-2)6-5-13-11-22(12-14(13)18)17-19-7-4-8-20-17/h4,7-8,13-14H,3,5-6,9-12H2,1-2H3/t13-,14-,18-/m1/s1. The van der Waals surface area contributed by atoms with Gasteiger partial charge >= 0.3 is 0 Å². The summed E-state index contributed by atoms with van der Waals surface area (Å²) in [5.41, 5.74) is -0.576. The number of rotatable bonds is 5. The second kappa shape index (κ2) is 6.37. The molecule has 1 aromatic rings. The van der Waals surface area contributed by atoms with E-state index in [0.29, 0.717) is 19.1 Å². The van der Waals surface area contributed by atoms with Crippen LogP contribution >= 0.6 is 0 Å². The molecule has 0 aromatic carbocycles. The van der Waals surface area contributed by atoms with Gasteiger partial charge in [-0.3, -0.25) is 14.7 Å². The molecule has 7 heteroatoms. The third kappa shape index (κ3) is 2.52. The summed E-state index contributed by atoms with van der Waals surface area (Å²) in [6, 6.07) is 1.83. The van der Waals surface area contributed by atoms with E-state index in [2.05, 4.69) is 21.8 Å². The lowest BCUT2D eigenvalue weighted by Crippen LogP contribution is -2.47. The Morgan fingerprint density at radius 2 is 2.12 bits per heavy atom. The normalized spacial score (nSPS) is 31.1. The van der Waals surface area contributed by atoms with Gasteiger partial charge in [0.05, 0.1) is 13.2 Å². The highest BCUT2D eigenvalue weighted by atomic mass is 16.5. The predicted molar refractivity (Wildman–Crippen MR) is 94.5 cm³/mol. The molecule has 1 amide bonds. The van der Waals surface area contributed by atoms with Gasteiger partial charge in [-0.25, -0.2) is 9.97 Å². The van der Waals surface area contributed by atoms with E-state index < -0.39 is 5.54 Å². The van der Waals surface area contributed by atoms with Gasteiger partial charge in [-0.1, -0.05) is 6.92 Å². The average Bonchev–Trinajstić information content (AvgIpc) is 3.29. The van der Waals surface area contributed by atoms with Gasteiger partial charge < -0.3 is 9.64 Å². The van der Waals surface area contributed by atoms with E-state index in [4.69, 9.17) is 9.73 Å². The lowest BCUT2D eigenvalue weighted by atomic mass is 9.85. The first kappa shape index (κ1) is 16.4. The first-order valence-corrected chi connectivity index (χ1v) is 9.11. The summed E-state index contributed by atoms with van der Waals surface area (Å²) in [4.78, 5) is 31.1. The lowest BCUT2D eigenvalue weighted by Gasteiger charge is -2.28. The van der Waals surface area contributed by atoms with Crippen LogP contribution < -0.4 is 4.90 Å². The average molecular weight is 343 g/mol. The van der Waals surface area contributed by atoms with E-state index in [1.807, 2.05) is 11.0 Å². The first-order chi connectivity index (χ1) is 12.2. The maximum absolute atomic E-state index is 13.3. The van der Waals surface area contributed by atoms with Crippen molar-refractivity contribution in [3.63, 3.8) is 0 Å². The van der Waals surface area contributed by atoms with E-state index in [0.717, 1.165) is 44.1 Å². The van der Waals surface area contributed by atoms with Gasteiger partial charge in [-0.15, -0.1) is 0 Å². The zero-order valence-corrected chi connectivity index (χ0v) is 14.9. The topological polar surface area (TPSA) is 70.9 Å². The minimum atomic E-state index is -0.576. The fourth-order valence-electron chi connectivity index (χ4n) is 4.69. The van der Waals surface area contributed by atoms with Crippen LogP contribution in [0.25, 0.3) is 0 Å². The predicted octanol–water partition coefficient (Wildman–Crippen LogP) is 1.36. The van der Waals surface area contributed by atoms with Crippen LogP contribution in [0.4, 0.5) is 5.95 Å². The number of amidine groups is 1. The summed E-state index contributed by atoms with van der Waals surface area (Å²) < 4.78 is 5.18. The number of methoxy groups -OCH3 is 1. The molecular weight excluding hydrogens is 318 g/mol. The smallest absolute Gasteiger partial charge is 0.256 e. The summed E-state index contributed by atoms with van der Waals surface area (Å²) in [5, 5.41) is 0.